The monoisotopic (exact) mass is 494 g/mol. The van der Waals surface area contributed by atoms with Gasteiger partial charge in [-0.3, -0.25) is 4.79 Å². The van der Waals surface area contributed by atoms with E-state index >= 15 is 0 Å². The molecule has 0 bridgehead atoms. The molecule has 1 fully saturated rings. The fraction of sp³-hybridized carbons (Fsp3) is 0.462. The van der Waals surface area contributed by atoms with Crippen LogP contribution in [0.25, 0.3) is 11.0 Å². The Morgan fingerprint density at radius 3 is 2.51 bits per heavy atom. The minimum Gasteiger partial charge on any atom is -0.445 e. The molecule has 9 heteroatoms. The highest BCUT2D eigenvalue weighted by atomic mass is 28.3. The summed E-state index contributed by atoms with van der Waals surface area (Å²) < 4.78 is 13.2. The first-order chi connectivity index (χ1) is 16.8. The minimum atomic E-state index is -1.15. The maximum Gasteiger partial charge on any atom is 0.410 e. The molecule has 1 aliphatic heterocycles. The van der Waals surface area contributed by atoms with Crippen molar-refractivity contribution in [2.45, 2.75) is 51.9 Å². The normalized spacial score (nSPS) is 14.9. The molecule has 2 aromatic heterocycles. The quantitative estimate of drug-likeness (QED) is 0.237. The first-order valence-corrected chi connectivity index (χ1v) is 15.9. The third-order valence-electron chi connectivity index (χ3n) is 6.35. The van der Waals surface area contributed by atoms with Gasteiger partial charge in [-0.25, -0.2) is 14.8 Å². The smallest absolute Gasteiger partial charge is 0.410 e. The third-order valence-corrected chi connectivity index (χ3v) is 8.05. The van der Waals surface area contributed by atoms with E-state index in [-0.39, 0.29) is 24.4 Å². The van der Waals surface area contributed by atoms with Crippen molar-refractivity contribution in [2.75, 3.05) is 19.7 Å². The first-order valence-electron chi connectivity index (χ1n) is 12.2. The number of nitrogens with zero attached hydrogens (tertiary/aromatic N) is 4. The zero-order chi connectivity index (χ0) is 24.8. The molecule has 1 aliphatic rings. The van der Waals surface area contributed by atoms with E-state index in [1.54, 1.807) is 4.90 Å². The highest BCUT2D eigenvalue weighted by molar-refractivity contribution is 6.76. The first kappa shape index (κ1) is 25.1. The van der Waals surface area contributed by atoms with Gasteiger partial charge in [-0.05, 0) is 30.5 Å². The van der Waals surface area contributed by atoms with Crippen molar-refractivity contribution in [3.8, 4) is 0 Å². The molecule has 1 saturated heterocycles. The molecular formula is C26H34N4O4Si. The maximum atomic E-state index is 13.3. The Kier molecular flexibility index (Phi) is 7.97. The second kappa shape index (κ2) is 11.1. The van der Waals surface area contributed by atoms with Crippen LogP contribution in [0.1, 0.15) is 28.9 Å². The molecule has 8 nitrogen and oxygen atoms in total. The van der Waals surface area contributed by atoms with E-state index in [0.717, 1.165) is 23.6 Å². The van der Waals surface area contributed by atoms with Gasteiger partial charge >= 0.3 is 6.09 Å². The van der Waals surface area contributed by atoms with Crippen LogP contribution in [0.3, 0.4) is 0 Å². The van der Waals surface area contributed by atoms with Crippen LogP contribution < -0.4 is 0 Å². The Morgan fingerprint density at radius 2 is 1.80 bits per heavy atom. The van der Waals surface area contributed by atoms with Gasteiger partial charge in [0.15, 0.2) is 5.78 Å². The van der Waals surface area contributed by atoms with Crippen LogP contribution >= 0.6 is 0 Å². The molecule has 1 amide bonds. The van der Waals surface area contributed by atoms with E-state index < -0.39 is 8.07 Å². The minimum absolute atomic E-state index is 0.00658. The van der Waals surface area contributed by atoms with Crippen LogP contribution in [-0.4, -0.2) is 59.1 Å². The van der Waals surface area contributed by atoms with E-state index in [9.17, 15) is 9.59 Å². The van der Waals surface area contributed by atoms with E-state index in [4.69, 9.17) is 9.47 Å². The molecular weight excluding hydrogens is 460 g/mol. The largest absolute Gasteiger partial charge is 0.445 e. The number of fused-ring (bicyclic) bond motifs is 1. The fourth-order valence-electron chi connectivity index (χ4n) is 4.17. The predicted molar refractivity (Wildman–Crippen MR) is 137 cm³/mol. The average Bonchev–Trinajstić information content (AvgIpc) is 3.28. The highest BCUT2D eigenvalue weighted by Crippen LogP contribution is 2.25. The second-order valence-corrected chi connectivity index (χ2v) is 15.9. The summed E-state index contributed by atoms with van der Waals surface area (Å²) >= 11 is 0. The highest BCUT2D eigenvalue weighted by Gasteiger charge is 2.30. The van der Waals surface area contributed by atoms with Crippen LogP contribution in [0, 0.1) is 5.92 Å². The third kappa shape index (κ3) is 6.55. The number of likely N-dealkylation sites (tertiary alicyclic amines) is 1. The molecule has 4 rings (SSSR count). The van der Waals surface area contributed by atoms with Crippen molar-refractivity contribution in [3.63, 3.8) is 0 Å². The maximum absolute atomic E-state index is 13.3. The summed E-state index contributed by atoms with van der Waals surface area (Å²) in [4.78, 5) is 36.2. The summed E-state index contributed by atoms with van der Waals surface area (Å²) in [5.41, 5.74) is 2.10. The zero-order valence-corrected chi connectivity index (χ0v) is 21.8. The average molecular weight is 495 g/mol. The van der Waals surface area contributed by atoms with E-state index in [0.29, 0.717) is 44.0 Å². The van der Waals surface area contributed by atoms with Crippen molar-refractivity contribution < 1.29 is 19.1 Å². The summed E-state index contributed by atoms with van der Waals surface area (Å²) in [5.74, 6) is -0.172. The Hall–Kier alpha value is -3.04. The summed E-state index contributed by atoms with van der Waals surface area (Å²) in [6.07, 6.45) is 4.19. The van der Waals surface area contributed by atoms with Crippen LogP contribution in [0.5, 0.6) is 0 Å². The lowest BCUT2D eigenvalue weighted by Gasteiger charge is -2.30. The van der Waals surface area contributed by atoms with Crippen LogP contribution in [0.2, 0.25) is 25.7 Å². The number of hydrogen-bond donors (Lipinski definition) is 0. The predicted octanol–water partition coefficient (Wildman–Crippen LogP) is 4.98. The number of ether oxygens (including phenoxy) is 2. The summed E-state index contributed by atoms with van der Waals surface area (Å²) in [6.45, 7) is 9.32. The van der Waals surface area contributed by atoms with Gasteiger partial charge in [-0.1, -0.05) is 50.0 Å². The lowest BCUT2D eigenvalue weighted by Crippen LogP contribution is -2.40. The number of Topliss-reactive ketones (excluding diaryl/α,β-unsaturated/α-hetero) is 1. The number of aromatic nitrogens is 3. The van der Waals surface area contributed by atoms with Crippen molar-refractivity contribution in [1.82, 2.24) is 19.4 Å². The number of rotatable bonds is 9. The van der Waals surface area contributed by atoms with E-state index in [1.807, 2.05) is 47.2 Å². The number of amides is 1. The number of carbonyl (C=O) groups excluding carboxylic acids is 2. The van der Waals surface area contributed by atoms with Crippen LogP contribution in [-0.2, 0) is 22.8 Å². The molecule has 3 heterocycles. The Labute approximate surface area is 207 Å². The number of ketones is 1. The van der Waals surface area contributed by atoms with Gasteiger partial charge in [0.1, 0.15) is 31.0 Å². The number of benzene rings is 1. The van der Waals surface area contributed by atoms with Gasteiger partial charge in [0.25, 0.3) is 0 Å². The second-order valence-electron chi connectivity index (χ2n) is 10.3. The van der Waals surface area contributed by atoms with Crippen molar-refractivity contribution in [2.24, 2.45) is 5.92 Å². The molecule has 0 N–H and O–H groups in total. The lowest BCUT2D eigenvalue weighted by molar-refractivity contribution is 0.0711. The standard InChI is InChI=1S/C26H34N4O4Si/c1-35(2,3)16-15-33-19-30-14-11-22-23(27-18-28-25(22)30)24(31)21-9-12-29(13-10-21)26(32)34-17-20-7-5-4-6-8-20/h4-8,11,14,18,21H,9-10,12-13,15-17,19H2,1-3H3. The molecule has 0 unspecified atom stereocenters. The van der Waals surface area contributed by atoms with Crippen molar-refractivity contribution >= 4 is 31.0 Å². The Bertz CT molecular complexity index is 1150. The topological polar surface area (TPSA) is 86.5 Å². The van der Waals surface area contributed by atoms with Crippen molar-refractivity contribution in [3.05, 3.63) is 60.2 Å². The number of piperidine rings is 1. The van der Waals surface area contributed by atoms with Gasteiger partial charge < -0.3 is 18.9 Å². The zero-order valence-electron chi connectivity index (χ0n) is 20.8. The fourth-order valence-corrected chi connectivity index (χ4v) is 4.93. The molecule has 0 radical (unpaired) electrons. The van der Waals surface area contributed by atoms with Gasteiger partial charge in [0, 0.05) is 45.3 Å². The van der Waals surface area contributed by atoms with E-state index in [2.05, 4.69) is 29.6 Å². The molecule has 0 saturated carbocycles. The Morgan fingerprint density at radius 1 is 1.06 bits per heavy atom. The number of hydrogen-bond acceptors (Lipinski definition) is 6. The summed E-state index contributed by atoms with van der Waals surface area (Å²) in [5, 5.41) is 0.746. The molecule has 3 aromatic rings. The van der Waals surface area contributed by atoms with Crippen molar-refractivity contribution in [1.29, 1.82) is 0 Å². The van der Waals surface area contributed by atoms with Gasteiger partial charge in [0.2, 0.25) is 0 Å². The van der Waals surface area contributed by atoms with Crippen LogP contribution in [0.15, 0.2) is 48.9 Å². The molecule has 0 aliphatic carbocycles. The van der Waals surface area contributed by atoms with Gasteiger partial charge in [-0.15, -0.1) is 0 Å². The summed E-state index contributed by atoms with van der Waals surface area (Å²) in [7, 11) is -1.15. The molecule has 0 spiro atoms. The van der Waals surface area contributed by atoms with Crippen LogP contribution in [0.4, 0.5) is 4.79 Å². The SMILES string of the molecule is C[Si](C)(C)CCOCn1ccc2c(C(=O)C3CCN(C(=O)OCc4ccccc4)CC3)ncnc21. The number of carbonyl (C=O) groups is 2. The van der Waals surface area contributed by atoms with Gasteiger partial charge in [-0.2, -0.15) is 0 Å². The molecule has 35 heavy (non-hydrogen) atoms. The molecule has 1 aromatic carbocycles. The Balaban J connectivity index is 1.32. The van der Waals surface area contributed by atoms with Gasteiger partial charge in [0.05, 0.1) is 0 Å². The molecule has 0 atom stereocenters. The summed E-state index contributed by atoms with van der Waals surface area (Å²) in [6, 6.07) is 12.6. The molecule has 186 valence electrons. The lowest BCUT2D eigenvalue weighted by atomic mass is 9.90. The van der Waals surface area contributed by atoms with E-state index in [1.165, 1.54) is 6.33 Å².